The minimum absolute atomic E-state index is 0. The average molecular weight is 213 g/mol. The molecule has 0 radical (unpaired) electrons. The zero-order valence-electron chi connectivity index (χ0n) is 6.71. The molecule has 2 atom stereocenters. The summed E-state index contributed by atoms with van der Waals surface area (Å²) >= 11 is 0. The molecular weight excluding hydrogens is 199 g/mol. The van der Waals surface area contributed by atoms with Gasteiger partial charge >= 0.3 is 0 Å². The van der Waals surface area contributed by atoms with Crippen molar-refractivity contribution in [2.75, 3.05) is 6.54 Å². The topological polar surface area (TPSA) is 41.1 Å². The van der Waals surface area contributed by atoms with Crippen LogP contribution in [-0.2, 0) is 4.79 Å². The first-order chi connectivity index (χ1) is 4.84. The van der Waals surface area contributed by atoms with Gasteiger partial charge in [-0.05, 0) is 12.8 Å². The van der Waals surface area contributed by atoms with E-state index in [1.54, 1.807) is 0 Å². The maximum Gasteiger partial charge on any atom is 0.221 e. The van der Waals surface area contributed by atoms with Crippen LogP contribution in [0, 0.1) is 0 Å². The standard InChI is InChI=1S/C7H12N2O.2ClH/c10-7-3-5-1-2-6(9-5)4-8-7;;/h5-6,9H,1-4H2,(H,8,10);2*1H/t5-,6?;;/m0../s1. The number of fused-ring (bicyclic) bond motifs is 2. The van der Waals surface area contributed by atoms with Gasteiger partial charge in [0.05, 0.1) is 0 Å². The normalized spacial score (nSPS) is 32.5. The van der Waals surface area contributed by atoms with Crippen LogP contribution in [0.25, 0.3) is 0 Å². The zero-order valence-corrected chi connectivity index (χ0v) is 8.34. The van der Waals surface area contributed by atoms with E-state index in [2.05, 4.69) is 10.6 Å². The molecule has 1 amide bonds. The van der Waals surface area contributed by atoms with Crippen LogP contribution in [0.5, 0.6) is 0 Å². The summed E-state index contributed by atoms with van der Waals surface area (Å²) in [6.07, 6.45) is 3.08. The molecular formula is C7H14Cl2N2O. The molecule has 2 aliphatic heterocycles. The number of carbonyl (C=O) groups is 1. The first-order valence-corrected chi connectivity index (χ1v) is 3.87. The van der Waals surface area contributed by atoms with E-state index in [1.165, 1.54) is 12.8 Å². The maximum atomic E-state index is 10.9. The molecule has 2 bridgehead atoms. The second-order valence-electron chi connectivity index (χ2n) is 3.15. The van der Waals surface area contributed by atoms with Crippen molar-refractivity contribution in [3.63, 3.8) is 0 Å². The summed E-state index contributed by atoms with van der Waals surface area (Å²) < 4.78 is 0. The van der Waals surface area contributed by atoms with E-state index in [0.717, 1.165) is 6.54 Å². The highest BCUT2D eigenvalue weighted by Crippen LogP contribution is 2.16. The van der Waals surface area contributed by atoms with Gasteiger partial charge in [0.25, 0.3) is 0 Å². The SMILES string of the molecule is Cl.Cl.O=C1C[C@@H]2CCC(CN1)N2. The van der Waals surface area contributed by atoms with E-state index in [9.17, 15) is 4.79 Å². The lowest BCUT2D eigenvalue weighted by atomic mass is 10.1. The zero-order chi connectivity index (χ0) is 6.97. The summed E-state index contributed by atoms with van der Waals surface area (Å²) in [5.41, 5.74) is 0. The van der Waals surface area contributed by atoms with Crippen molar-refractivity contribution in [1.82, 2.24) is 10.6 Å². The van der Waals surface area contributed by atoms with Crippen molar-refractivity contribution in [3.05, 3.63) is 0 Å². The van der Waals surface area contributed by atoms with Crippen LogP contribution in [0.15, 0.2) is 0 Å². The van der Waals surface area contributed by atoms with Crippen molar-refractivity contribution in [2.24, 2.45) is 0 Å². The van der Waals surface area contributed by atoms with Crippen molar-refractivity contribution in [3.8, 4) is 0 Å². The van der Waals surface area contributed by atoms with Crippen molar-refractivity contribution >= 4 is 30.7 Å². The van der Waals surface area contributed by atoms with Gasteiger partial charge in [0.2, 0.25) is 5.91 Å². The lowest BCUT2D eigenvalue weighted by Crippen LogP contribution is -2.33. The first-order valence-electron chi connectivity index (χ1n) is 3.87. The Hall–Kier alpha value is 0.01000. The molecule has 12 heavy (non-hydrogen) atoms. The molecule has 2 saturated heterocycles. The summed E-state index contributed by atoms with van der Waals surface area (Å²) in [6.45, 7) is 0.829. The van der Waals surface area contributed by atoms with E-state index < -0.39 is 0 Å². The molecule has 5 heteroatoms. The van der Waals surface area contributed by atoms with Crippen molar-refractivity contribution in [1.29, 1.82) is 0 Å². The fourth-order valence-electron chi connectivity index (χ4n) is 1.76. The van der Waals surface area contributed by atoms with Crippen LogP contribution in [0.2, 0.25) is 0 Å². The molecule has 0 aromatic heterocycles. The Kier molecular flexibility index (Phi) is 4.90. The van der Waals surface area contributed by atoms with Crippen LogP contribution >= 0.6 is 24.8 Å². The monoisotopic (exact) mass is 212 g/mol. The third kappa shape index (κ3) is 2.51. The third-order valence-corrected chi connectivity index (χ3v) is 2.31. The molecule has 2 heterocycles. The molecule has 2 N–H and O–H groups in total. The molecule has 0 aliphatic carbocycles. The van der Waals surface area contributed by atoms with Gasteiger partial charge in [-0.1, -0.05) is 0 Å². The number of halogens is 2. The fraction of sp³-hybridized carbons (Fsp3) is 0.857. The highest BCUT2D eigenvalue weighted by Gasteiger charge is 2.28. The first kappa shape index (κ1) is 12.0. The Morgan fingerprint density at radius 1 is 1.17 bits per heavy atom. The summed E-state index contributed by atoms with van der Waals surface area (Å²) in [5, 5.41) is 6.27. The number of amides is 1. The summed E-state index contributed by atoms with van der Waals surface area (Å²) in [4.78, 5) is 10.9. The highest BCUT2D eigenvalue weighted by molar-refractivity contribution is 5.85. The Morgan fingerprint density at radius 3 is 2.58 bits per heavy atom. The van der Waals surface area contributed by atoms with Gasteiger partial charge < -0.3 is 10.6 Å². The van der Waals surface area contributed by atoms with Crippen molar-refractivity contribution < 1.29 is 4.79 Å². The third-order valence-electron chi connectivity index (χ3n) is 2.31. The second-order valence-corrected chi connectivity index (χ2v) is 3.15. The van der Waals surface area contributed by atoms with Gasteiger partial charge in [-0.2, -0.15) is 0 Å². The minimum Gasteiger partial charge on any atom is -0.354 e. The quantitative estimate of drug-likeness (QED) is 0.614. The summed E-state index contributed by atoms with van der Waals surface area (Å²) in [7, 11) is 0. The van der Waals surface area contributed by atoms with Gasteiger partial charge in [-0.3, -0.25) is 4.79 Å². The molecule has 72 valence electrons. The number of hydrogen-bond donors (Lipinski definition) is 2. The van der Waals surface area contributed by atoms with E-state index >= 15 is 0 Å². The molecule has 1 unspecified atom stereocenters. The molecule has 2 rings (SSSR count). The molecule has 2 aliphatic rings. The van der Waals surface area contributed by atoms with Crippen LogP contribution in [0.1, 0.15) is 19.3 Å². The number of carbonyl (C=O) groups excluding carboxylic acids is 1. The molecule has 0 aromatic carbocycles. The molecule has 0 saturated carbocycles. The summed E-state index contributed by atoms with van der Waals surface area (Å²) in [5.74, 6) is 0.208. The summed E-state index contributed by atoms with van der Waals surface area (Å²) in [6, 6.07) is 1.02. The second kappa shape index (κ2) is 4.90. The fourth-order valence-corrected chi connectivity index (χ4v) is 1.76. The van der Waals surface area contributed by atoms with E-state index in [4.69, 9.17) is 0 Å². The molecule has 2 fully saturated rings. The molecule has 3 nitrogen and oxygen atoms in total. The van der Waals surface area contributed by atoms with Crippen molar-refractivity contribution in [2.45, 2.75) is 31.3 Å². The molecule has 0 spiro atoms. The molecule has 0 aromatic rings. The maximum absolute atomic E-state index is 10.9. The largest absolute Gasteiger partial charge is 0.354 e. The minimum atomic E-state index is 0. The van der Waals surface area contributed by atoms with E-state index in [-0.39, 0.29) is 30.7 Å². The van der Waals surface area contributed by atoms with Gasteiger partial charge in [0, 0.05) is 25.0 Å². The lowest BCUT2D eigenvalue weighted by Gasteiger charge is -2.06. The predicted molar refractivity (Wildman–Crippen MR) is 52.1 cm³/mol. The average Bonchev–Trinajstić information content (AvgIpc) is 2.22. The van der Waals surface area contributed by atoms with Crippen LogP contribution in [0.4, 0.5) is 0 Å². The Labute approximate surface area is 84.5 Å². The smallest absolute Gasteiger partial charge is 0.221 e. The Morgan fingerprint density at radius 2 is 1.83 bits per heavy atom. The van der Waals surface area contributed by atoms with E-state index in [0.29, 0.717) is 18.5 Å². The number of hydrogen-bond acceptors (Lipinski definition) is 2. The Bertz CT molecular complexity index is 165. The van der Waals surface area contributed by atoms with Gasteiger partial charge in [-0.25, -0.2) is 0 Å². The number of nitrogens with one attached hydrogen (secondary N) is 2. The van der Waals surface area contributed by atoms with Gasteiger partial charge in [0.15, 0.2) is 0 Å². The predicted octanol–water partition coefficient (Wildman–Crippen LogP) is 0.470. The lowest BCUT2D eigenvalue weighted by molar-refractivity contribution is -0.121. The Balaban J connectivity index is 0.000000605. The van der Waals surface area contributed by atoms with Gasteiger partial charge in [0.1, 0.15) is 0 Å². The number of rotatable bonds is 0. The van der Waals surface area contributed by atoms with E-state index in [1.807, 2.05) is 0 Å². The van der Waals surface area contributed by atoms with Crippen LogP contribution in [0.3, 0.4) is 0 Å². The van der Waals surface area contributed by atoms with Crippen LogP contribution in [-0.4, -0.2) is 24.5 Å². The van der Waals surface area contributed by atoms with Crippen LogP contribution < -0.4 is 10.6 Å². The highest BCUT2D eigenvalue weighted by atomic mass is 35.5. The van der Waals surface area contributed by atoms with Gasteiger partial charge in [-0.15, -0.1) is 24.8 Å².